The van der Waals surface area contributed by atoms with Crippen LogP contribution in [-0.2, 0) is 4.74 Å². The van der Waals surface area contributed by atoms with Crippen LogP contribution in [0.3, 0.4) is 0 Å². The zero-order chi connectivity index (χ0) is 20.4. The number of benzene rings is 2. The minimum Gasteiger partial charge on any atom is -0.378 e. The number of nitrogens with one attached hydrogen (secondary N) is 2. The number of ether oxygens (including phenoxy) is 1. The lowest BCUT2D eigenvalue weighted by Gasteiger charge is -2.28. The predicted molar refractivity (Wildman–Crippen MR) is 113 cm³/mol. The van der Waals surface area contributed by atoms with Gasteiger partial charge in [0.1, 0.15) is 11.6 Å². The van der Waals surface area contributed by atoms with Gasteiger partial charge in [0, 0.05) is 29.9 Å². The monoisotopic (exact) mass is 394 g/mol. The summed E-state index contributed by atoms with van der Waals surface area (Å²) in [5.41, 5.74) is 3.54. The van der Waals surface area contributed by atoms with Crippen molar-refractivity contribution in [1.82, 2.24) is 4.98 Å². The second kappa shape index (κ2) is 8.05. The van der Waals surface area contributed by atoms with Crippen molar-refractivity contribution < 1.29 is 13.9 Å². The van der Waals surface area contributed by atoms with E-state index in [-0.39, 0.29) is 5.82 Å². The van der Waals surface area contributed by atoms with Crippen molar-refractivity contribution in [3.05, 3.63) is 59.4 Å². The highest BCUT2D eigenvalue weighted by Gasteiger charge is 2.14. The van der Waals surface area contributed by atoms with Crippen molar-refractivity contribution in [3.63, 3.8) is 0 Å². The van der Waals surface area contributed by atoms with Crippen LogP contribution in [0.5, 0.6) is 0 Å². The summed E-state index contributed by atoms with van der Waals surface area (Å²) in [4.78, 5) is 19.3. The third-order valence-electron chi connectivity index (χ3n) is 5.02. The fourth-order valence-electron chi connectivity index (χ4n) is 3.37. The van der Waals surface area contributed by atoms with Gasteiger partial charge in [-0.2, -0.15) is 0 Å². The molecule has 7 heteroatoms. The molecule has 1 fully saturated rings. The van der Waals surface area contributed by atoms with Crippen LogP contribution in [0.4, 0.5) is 26.4 Å². The second-order valence-electron chi connectivity index (χ2n) is 7.17. The first-order valence-corrected chi connectivity index (χ1v) is 9.58. The van der Waals surface area contributed by atoms with E-state index in [1.807, 2.05) is 25.1 Å². The average molecular weight is 394 g/mol. The Morgan fingerprint density at radius 1 is 1.00 bits per heavy atom. The number of anilines is 3. The molecule has 1 aromatic heterocycles. The molecule has 2 amide bonds. The molecule has 1 saturated heterocycles. The van der Waals surface area contributed by atoms with Crippen LogP contribution >= 0.6 is 0 Å². The minimum absolute atomic E-state index is 0.355. The van der Waals surface area contributed by atoms with E-state index >= 15 is 0 Å². The first kappa shape index (κ1) is 19.1. The molecule has 0 atom stereocenters. The molecule has 1 aliphatic heterocycles. The maximum Gasteiger partial charge on any atom is 0.323 e. The molecule has 0 unspecified atom stereocenters. The summed E-state index contributed by atoms with van der Waals surface area (Å²) in [5, 5.41) is 6.42. The number of fused-ring (bicyclic) bond motifs is 1. The first-order valence-electron chi connectivity index (χ1n) is 9.58. The Balaban J connectivity index is 1.51. The van der Waals surface area contributed by atoms with Crippen LogP contribution < -0.4 is 15.5 Å². The molecule has 0 saturated carbocycles. The van der Waals surface area contributed by atoms with E-state index in [9.17, 15) is 9.18 Å². The van der Waals surface area contributed by atoms with Crippen LogP contribution in [0.25, 0.3) is 10.9 Å². The Morgan fingerprint density at radius 2 is 1.69 bits per heavy atom. The minimum atomic E-state index is -0.428. The SMILES string of the molecule is Cc1ccc(NC(=O)Nc2ccc3nc(N4CCOCC4)cc(C)c3c2)cc1F. The summed E-state index contributed by atoms with van der Waals surface area (Å²) in [6.45, 7) is 6.79. The Labute approximate surface area is 168 Å². The molecule has 29 heavy (non-hydrogen) atoms. The molecule has 3 aromatic rings. The molecular weight excluding hydrogens is 371 g/mol. The number of aromatic nitrogens is 1. The number of rotatable bonds is 3. The highest BCUT2D eigenvalue weighted by molar-refractivity contribution is 6.01. The topological polar surface area (TPSA) is 66.5 Å². The molecule has 2 N–H and O–H groups in total. The Kier molecular flexibility index (Phi) is 5.31. The maximum atomic E-state index is 13.7. The van der Waals surface area contributed by atoms with Gasteiger partial charge in [-0.1, -0.05) is 6.07 Å². The lowest BCUT2D eigenvalue weighted by Crippen LogP contribution is -2.36. The van der Waals surface area contributed by atoms with Crippen LogP contribution in [0.1, 0.15) is 11.1 Å². The number of carbonyl (C=O) groups excluding carboxylic acids is 1. The third kappa shape index (κ3) is 4.30. The standard InChI is InChI=1S/C22H23FN4O2/c1-14-3-4-17(13-19(14)23)25-22(28)24-16-5-6-20-18(12-16)15(2)11-21(26-20)27-7-9-29-10-8-27/h3-6,11-13H,7-10H2,1-2H3,(H2,24,25,28). The summed E-state index contributed by atoms with van der Waals surface area (Å²) in [6.07, 6.45) is 0. The maximum absolute atomic E-state index is 13.7. The molecule has 150 valence electrons. The first-order chi connectivity index (χ1) is 14.0. The molecule has 2 heterocycles. The van der Waals surface area contributed by atoms with Crippen molar-refractivity contribution >= 4 is 34.1 Å². The Hall–Kier alpha value is -3.19. The van der Waals surface area contributed by atoms with Crippen LogP contribution in [0.2, 0.25) is 0 Å². The summed E-state index contributed by atoms with van der Waals surface area (Å²) in [6, 6.07) is 11.8. The number of hydrogen-bond donors (Lipinski definition) is 2. The lowest BCUT2D eigenvalue weighted by molar-refractivity contribution is 0.122. The average Bonchev–Trinajstić information content (AvgIpc) is 2.71. The van der Waals surface area contributed by atoms with Crippen LogP contribution in [0, 0.1) is 19.7 Å². The number of halogens is 1. The van der Waals surface area contributed by atoms with Gasteiger partial charge in [-0.3, -0.25) is 0 Å². The smallest absolute Gasteiger partial charge is 0.323 e. The molecule has 4 rings (SSSR count). The molecule has 0 aliphatic carbocycles. The third-order valence-corrected chi connectivity index (χ3v) is 5.02. The van der Waals surface area contributed by atoms with Crippen LogP contribution in [-0.4, -0.2) is 37.3 Å². The molecule has 1 aliphatic rings. The highest BCUT2D eigenvalue weighted by Crippen LogP contribution is 2.26. The summed E-state index contributed by atoms with van der Waals surface area (Å²) >= 11 is 0. The predicted octanol–water partition coefficient (Wildman–Crippen LogP) is 4.47. The largest absolute Gasteiger partial charge is 0.378 e. The molecule has 0 spiro atoms. The summed E-state index contributed by atoms with van der Waals surface area (Å²) in [5.74, 6) is 0.587. The van der Waals surface area contributed by atoms with Gasteiger partial charge in [-0.05, 0) is 61.4 Å². The van der Waals surface area contributed by atoms with E-state index in [0.717, 1.165) is 35.4 Å². The molecular formula is C22H23FN4O2. The Bertz CT molecular complexity index is 1060. The summed E-state index contributed by atoms with van der Waals surface area (Å²) in [7, 11) is 0. The van der Waals surface area contributed by atoms with Gasteiger partial charge in [0.15, 0.2) is 0 Å². The van der Waals surface area contributed by atoms with Gasteiger partial charge in [-0.25, -0.2) is 14.2 Å². The van der Waals surface area contributed by atoms with E-state index in [1.165, 1.54) is 6.07 Å². The van der Waals surface area contributed by atoms with E-state index in [4.69, 9.17) is 9.72 Å². The van der Waals surface area contributed by atoms with Crippen molar-refractivity contribution in [1.29, 1.82) is 0 Å². The second-order valence-corrected chi connectivity index (χ2v) is 7.17. The zero-order valence-electron chi connectivity index (χ0n) is 16.5. The zero-order valence-corrected chi connectivity index (χ0v) is 16.5. The number of amides is 2. The van der Waals surface area contributed by atoms with Crippen molar-refractivity contribution in [2.75, 3.05) is 41.8 Å². The van der Waals surface area contributed by atoms with Gasteiger partial charge in [-0.15, -0.1) is 0 Å². The van der Waals surface area contributed by atoms with Gasteiger partial charge < -0.3 is 20.3 Å². The lowest BCUT2D eigenvalue weighted by atomic mass is 10.1. The van der Waals surface area contributed by atoms with E-state index in [2.05, 4.69) is 21.6 Å². The van der Waals surface area contributed by atoms with Gasteiger partial charge in [0.25, 0.3) is 0 Å². The van der Waals surface area contributed by atoms with Gasteiger partial charge in [0.05, 0.1) is 18.7 Å². The number of carbonyl (C=O) groups is 1. The number of hydrogen-bond acceptors (Lipinski definition) is 4. The fourth-order valence-corrected chi connectivity index (χ4v) is 3.37. The van der Waals surface area contributed by atoms with Gasteiger partial charge in [0.2, 0.25) is 0 Å². The van der Waals surface area contributed by atoms with E-state index in [0.29, 0.717) is 30.2 Å². The number of morpholine rings is 1. The van der Waals surface area contributed by atoms with Crippen molar-refractivity contribution in [3.8, 4) is 0 Å². The number of nitrogens with zero attached hydrogens (tertiary/aromatic N) is 2. The molecule has 6 nitrogen and oxygen atoms in total. The number of pyridine rings is 1. The number of urea groups is 1. The van der Waals surface area contributed by atoms with Gasteiger partial charge >= 0.3 is 6.03 Å². The quantitative estimate of drug-likeness (QED) is 0.688. The highest BCUT2D eigenvalue weighted by atomic mass is 19.1. The van der Waals surface area contributed by atoms with E-state index in [1.54, 1.807) is 19.1 Å². The fraction of sp³-hybridized carbons (Fsp3) is 0.273. The molecule has 0 radical (unpaired) electrons. The Morgan fingerprint density at radius 3 is 2.41 bits per heavy atom. The molecule has 2 aromatic carbocycles. The van der Waals surface area contributed by atoms with Crippen molar-refractivity contribution in [2.24, 2.45) is 0 Å². The normalized spacial score (nSPS) is 14.1. The molecule has 0 bridgehead atoms. The summed E-state index contributed by atoms with van der Waals surface area (Å²) < 4.78 is 19.1. The van der Waals surface area contributed by atoms with Crippen LogP contribution in [0.15, 0.2) is 42.5 Å². The van der Waals surface area contributed by atoms with Crippen molar-refractivity contribution in [2.45, 2.75) is 13.8 Å². The number of aryl methyl sites for hydroxylation is 2. The van der Waals surface area contributed by atoms with E-state index < -0.39 is 6.03 Å².